The van der Waals surface area contributed by atoms with Crippen LogP contribution in [-0.2, 0) is 7.05 Å². The number of hydrogen-bond donors (Lipinski definition) is 1. The molecule has 0 atom stereocenters. The summed E-state index contributed by atoms with van der Waals surface area (Å²) in [6.07, 6.45) is 3.60. The second-order valence-corrected chi connectivity index (χ2v) is 7.64. The van der Waals surface area contributed by atoms with E-state index in [1.165, 1.54) is 0 Å². The van der Waals surface area contributed by atoms with Gasteiger partial charge in [-0.15, -0.1) is 0 Å². The Morgan fingerprint density at radius 1 is 0.935 bits per heavy atom. The third-order valence-corrected chi connectivity index (χ3v) is 5.67. The molecule has 4 heterocycles. The van der Waals surface area contributed by atoms with E-state index in [0.717, 1.165) is 56.0 Å². The summed E-state index contributed by atoms with van der Waals surface area (Å²) >= 11 is 0. The van der Waals surface area contributed by atoms with E-state index in [9.17, 15) is 4.79 Å². The molecule has 0 spiro atoms. The number of rotatable bonds is 3. The monoisotopic (exact) mass is 410 g/mol. The first kappa shape index (κ1) is 19.0. The summed E-state index contributed by atoms with van der Waals surface area (Å²) in [6, 6.07) is 13.9. The van der Waals surface area contributed by atoms with Crippen molar-refractivity contribution in [3.8, 4) is 16.8 Å². The average Bonchev–Trinajstić information content (AvgIpc) is 3.04. The fraction of sp³-hybridized carbons (Fsp3) is 0.167. The number of pyridine rings is 3. The van der Waals surface area contributed by atoms with Crippen molar-refractivity contribution in [2.24, 2.45) is 7.05 Å². The number of hydrogen-bond acceptors (Lipinski definition) is 5. The molecule has 4 aromatic heterocycles. The molecule has 0 saturated heterocycles. The Hall–Kier alpha value is -4.00. The minimum absolute atomic E-state index is 0.122. The van der Waals surface area contributed by atoms with Crippen LogP contribution in [-0.4, -0.2) is 31.1 Å². The number of benzene rings is 1. The lowest BCUT2D eigenvalue weighted by molar-refractivity contribution is 0.839. The summed E-state index contributed by atoms with van der Waals surface area (Å²) in [5.74, 6) is 0.813. The fourth-order valence-corrected chi connectivity index (χ4v) is 4.03. The van der Waals surface area contributed by atoms with Gasteiger partial charge in [-0.25, -0.2) is 9.78 Å². The third-order valence-electron chi connectivity index (χ3n) is 5.67. The number of nitrogens with one attached hydrogen (secondary N) is 1. The van der Waals surface area contributed by atoms with Gasteiger partial charge in [0.2, 0.25) is 0 Å². The molecular formula is C24H22N6O. The highest BCUT2D eigenvalue weighted by Crippen LogP contribution is 2.30. The van der Waals surface area contributed by atoms with Gasteiger partial charge in [0.15, 0.2) is 0 Å². The van der Waals surface area contributed by atoms with Crippen LogP contribution in [0.5, 0.6) is 0 Å². The number of fused-ring (bicyclic) bond motifs is 3. The Morgan fingerprint density at radius 2 is 1.74 bits per heavy atom. The van der Waals surface area contributed by atoms with Gasteiger partial charge in [-0.1, -0.05) is 6.07 Å². The van der Waals surface area contributed by atoms with Gasteiger partial charge < -0.3 is 5.32 Å². The Morgan fingerprint density at radius 3 is 2.45 bits per heavy atom. The van der Waals surface area contributed by atoms with Crippen molar-refractivity contribution < 1.29 is 0 Å². The number of imidazole rings is 1. The van der Waals surface area contributed by atoms with Gasteiger partial charge in [0, 0.05) is 36.9 Å². The number of nitrogens with zero attached hydrogens (tertiary/aromatic N) is 5. The molecule has 0 unspecified atom stereocenters. The Balaban J connectivity index is 1.84. The summed E-state index contributed by atoms with van der Waals surface area (Å²) in [4.78, 5) is 26.8. The van der Waals surface area contributed by atoms with Crippen LogP contribution in [0.4, 0.5) is 5.82 Å². The third kappa shape index (κ3) is 2.97. The molecule has 0 fully saturated rings. The molecular weight excluding hydrogens is 388 g/mol. The molecule has 7 heteroatoms. The van der Waals surface area contributed by atoms with Gasteiger partial charge >= 0.3 is 5.69 Å². The zero-order chi connectivity index (χ0) is 21.7. The second kappa shape index (κ2) is 7.05. The molecule has 7 nitrogen and oxygen atoms in total. The Kier molecular flexibility index (Phi) is 4.32. The summed E-state index contributed by atoms with van der Waals surface area (Å²) < 4.78 is 3.38. The molecule has 0 aliphatic heterocycles. The number of aryl methyl sites for hydroxylation is 3. The maximum atomic E-state index is 13.2. The van der Waals surface area contributed by atoms with Crippen molar-refractivity contribution in [3.05, 3.63) is 76.7 Å². The van der Waals surface area contributed by atoms with Gasteiger partial charge in [-0.05, 0) is 55.8 Å². The van der Waals surface area contributed by atoms with Crippen molar-refractivity contribution in [1.29, 1.82) is 0 Å². The maximum Gasteiger partial charge on any atom is 0.333 e. The summed E-state index contributed by atoms with van der Waals surface area (Å²) in [5.41, 5.74) is 6.82. The van der Waals surface area contributed by atoms with Gasteiger partial charge in [-0.2, -0.15) is 0 Å². The topological polar surface area (TPSA) is 77.6 Å². The summed E-state index contributed by atoms with van der Waals surface area (Å²) in [7, 11) is 3.62. The van der Waals surface area contributed by atoms with E-state index in [-0.39, 0.29) is 5.69 Å². The normalized spacial score (nSPS) is 11.4. The average molecular weight is 410 g/mol. The van der Waals surface area contributed by atoms with Crippen LogP contribution in [0.2, 0.25) is 0 Å². The summed E-state index contributed by atoms with van der Waals surface area (Å²) in [5, 5.41) is 3.94. The Labute approximate surface area is 179 Å². The molecule has 0 aliphatic carbocycles. The van der Waals surface area contributed by atoms with E-state index in [4.69, 9.17) is 0 Å². The van der Waals surface area contributed by atoms with E-state index in [1.807, 2.05) is 63.5 Å². The molecule has 31 heavy (non-hydrogen) atoms. The van der Waals surface area contributed by atoms with E-state index < -0.39 is 0 Å². The van der Waals surface area contributed by atoms with Crippen molar-refractivity contribution in [3.63, 3.8) is 0 Å². The van der Waals surface area contributed by atoms with Crippen LogP contribution in [0.3, 0.4) is 0 Å². The van der Waals surface area contributed by atoms with Crippen molar-refractivity contribution in [2.75, 3.05) is 12.4 Å². The van der Waals surface area contributed by atoms with E-state index in [1.54, 1.807) is 22.4 Å². The summed E-state index contributed by atoms with van der Waals surface area (Å²) in [6.45, 7) is 3.87. The highest BCUT2D eigenvalue weighted by Gasteiger charge is 2.18. The van der Waals surface area contributed by atoms with Crippen LogP contribution in [0.1, 0.15) is 11.4 Å². The molecule has 0 saturated carbocycles. The largest absolute Gasteiger partial charge is 0.373 e. The minimum atomic E-state index is -0.122. The van der Waals surface area contributed by atoms with Crippen LogP contribution < -0.4 is 11.0 Å². The molecule has 0 aliphatic rings. The molecule has 0 bridgehead atoms. The predicted molar refractivity (Wildman–Crippen MR) is 124 cm³/mol. The predicted octanol–water partition coefficient (Wildman–Crippen LogP) is 3.99. The Bertz CT molecular complexity index is 1510. The maximum absolute atomic E-state index is 13.2. The van der Waals surface area contributed by atoms with Gasteiger partial charge in [0.25, 0.3) is 0 Å². The van der Waals surface area contributed by atoms with Crippen molar-refractivity contribution >= 4 is 27.8 Å². The van der Waals surface area contributed by atoms with Crippen LogP contribution in [0.15, 0.2) is 59.7 Å². The number of anilines is 1. The van der Waals surface area contributed by atoms with Gasteiger partial charge in [0.1, 0.15) is 5.82 Å². The molecule has 1 aromatic carbocycles. The SMILES string of the molecule is CNc1ccc(-c2ccc3ncc4c(c3c2)n(-c2ccc(C)nc2C)c(=O)n4C)cn1. The van der Waals surface area contributed by atoms with E-state index >= 15 is 0 Å². The smallest absolute Gasteiger partial charge is 0.333 e. The highest BCUT2D eigenvalue weighted by atomic mass is 16.1. The zero-order valence-corrected chi connectivity index (χ0v) is 17.8. The zero-order valence-electron chi connectivity index (χ0n) is 17.8. The fourth-order valence-electron chi connectivity index (χ4n) is 4.03. The van der Waals surface area contributed by atoms with E-state index in [0.29, 0.717) is 0 Å². The lowest BCUT2D eigenvalue weighted by atomic mass is 10.0. The molecule has 0 amide bonds. The van der Waals surface area contributed by atoms with Crippen molar-refractivity contribution in [2.45, 2.75) is 13.8 Å². The highest BCUT2D eigenvalue weighted by molar-refractivity contribution is 6.04. The first-order valence-electron chi connectivity index (χ1n) is 10.1. The molecule has 0 radical (unpaired) electrons. The van der Waals surface area contributed by atoms with Gasteiger partial charge in [0.05, 0.1) is 34.1 Å². The van der Waals surface area contributed by atoms with Crippen LogP contribution >= 0.6 is 0 Å². The second-order valence-electron chi connectivity index (χ2n) is 7.64. The molecule has 1 N–H and O–H groups in total. The van der Waals surface area contributed by atoms with Crippen LogP contribution in [0.25, 0.3) is 38.8 Å². The van der Waals surface area contributed by atoms with E-state index in [2.05, 4.69) is 26.3 Å². The minimum Gasteiger partial charge on any atom is -0.373 e. The number of aromatic nitrogens is 5. The molecule has 5 aromatic rings. The lowest BCUT2D eigenvalue weighted by Gasteiger charge is -2.10. The lowest BCUT2D eigenvalue weighted by Crippen LogP contribution is -2.21. The standard InChI is InChI=1S/C24H22N6O/c1-14-5-9-20(15(2)28-14)30-23-18-11-16(17-7-10-22(25-3)27-12-17)6-8-19(18)26-13-21(23)29(4)24(30)31/h5-13H,1-4H3,(H,25,27). The molecule has 154 valence electrons. The quantitative estimate of drug-likeness (QED) is 0.487. The first-order chi connectivity index (χ1) is 15.0. The van der Waals surface area contributed by atoms with Gasteiger partial charge in [-0.3, -0.25) is 19.1 Å². The van der Waals surface area contributed by atoms with Crippen molar-refractivity contribution in [1.82, 2.24) is 24.1 Å². The van der Waals surface area contributed by atoms with Crippen LogP contribution in [0, 0.1) is 13.8 Å². The first-order valence-corrected chi connectivity index (χ1v) is 10.1. The molecule has 5 rings (SSSR count).